The van der Waals surface area contributed by atoms with E-state index in [9.17, 15) is 10.0 Å². The first-order chi connectivity index (χ1) is 15.1. The van der Waals surface area contributed by atoms with E-state index in [-0.39, 0.29) is 5.91 Å². The van der Waals surface area contributed by atoms with Gasteiger partial charge in [0.05, 0.1) is 12.8 Å². The molecule has 8 heteroatoms. The van der Waals surface area contributed by atoms with E-state index in [2.05, 4.69) is 27.1 Å². The smallest absolute Gasteiger partial charge is 0.271 e. The lowest BCUT2D eigenvalue weighted by Crippen LogP contribution is -2.47. The van der Waals surface area contributed by atoms with E-state index in [4.69, 9.17) is 4.74 Å². The molecule has 166 valence electrons. The summed E-state index contributed by atoms with van der Waals surface area (Å²) in [5.41, 5.74) is 3.17. The van der Waals surface area contributed by atoms with Gasteiger partial charge in [-0.3, -0.25) is 9.69 Å². The zero-order valence-corrected chi connectivity index (χ0v) is 18.3. The third-order valence-corrected chi connectivity index (χ3v) is 6.32. The highest BCUT2D eigenvalue weighted by Gasteiger charge is 2.28. The highest BCUT2D eigenvalue weighted by atomic mass is 16.5. The first-order valence-corrected chi connectivity index (χ1v) is 10.9. The fraction of sp³-hybridized carbons (Fsp3) is 0.478. The lowest BCUT2D eigenvalue weighted by Gasteiger charge is -2.36. The molecule has 4 rings (SSSR count). The van der Waals surface area contributed by atoms with E-state index in [1.54, 1.807) is 7.11 Å². The average Bonchev–Trinajstić information content (AvgIpc) is 3.13. The molecule has 1 N–H and O–H groups in total. The molecule has 31 heavy (non-hydrogen) atoms. The quantitative estimate of drug-likeness (QED) is 0.568. The van der Waals surface area contributed by atoms with Crippen LogP contribution in [0.1, 0.15) is 28.9 Å². The number of piperazine rings is 1. The van der Waals surface area contributed by atoms with Crippen molar-refractivity contribution in [3.63, 3.8) is 0 Å². The standard InChI is InChI=1S/C23H31N5O3/c1-25-12-8-20-21(24-30)9-13-28(23(29)22(20)25)11-3-10-26-14-16-27(17-15-26)18-4-6-19(31-2)7-5-18/h4-8,12,30H,3,9-11,13-17H2,1-2H3. The van der Waals surface area contributed by atoms with Crippen molar-refractivity contribution in [2.24, 2.45) is 12.2 Å². The summed E-state index contributed by atoms with van der Waals surface area (Å²) in [6.45, 7) is 6.29. The average molecular weight is 426 g/mol. The molecule has 1 fully saturated rings. The Balaban J connectivity index is 1.27. The fourth-order valence-corrected chi connectivity index (χ4v) is 4.48. The van der Waals surface area contributed by atoms with Gasteiger partial charge in [-0.15, -0.1) is 0 Å². The van der Waals surface area contributed by atoms with E-state index < -0.39 is 0 Å². The van der Waals surface area contributed by atoms with E-state index in [0.717, 1.165) is 50.5 Å². The van der Waals surface area contributed by atoms with Crippen molar-refractivity contribution in [1.82, 2.24) is 14.4 Å². The van der Waals surface area contributed by atoms with Gasteiger partial charge in [0.15, 0.2) is 0 Å². The molecule has 2 aromatic rings. The molecule has 0 aliphatic carbocycles. The topological polar surface area (TPSA) is 73.5 Å². The number of aryl methyl sites for hydroxylation is 1. The van der Waals surface area contributed by atoms with Gasteiger partial charge in [0.25, 0.3) is 5.91 Å². The van der Waals surface area contributed by atoms with Crippen LogP contribution in [0.25, 0.3) is 0 Å². The predicted molar refractivity (Wildman–Crippen MR) is 121 cm³/mol. The Kier molecular flexibility index (Phi) is 6.46. The van der Waals surface area contributed by atoms with Crippen LogP contribution in [0.2, 0.25) is 0 Å². The second kappa shape index (κ2) is 9.43. The normalized spacial score (nSPS) is 18.9. The lowest BCUT2D eigenvalue weighted by atomic mass is 10.1. The van der Waals surface area contributed by atoms with Gasteiger partial charge < -0.3 is 24.3 Å². The summed E-state index contributed by atoms with van der Waals surface area (Å²) in [6, 6.07) is 10.1. The predicted octanol–water partition coefficient (Wildman–Crippen LogP) is 2.27. The number of hydrogen-bond acceptors (Lipinski definition) is 6. The third kappa shape index (κ3) is 4.54. The number of rotatable bonds is 6. The van der Waals surface area contributed by atoms with Gasteiger partial charge in [0.1, 0.15) is 11.4 Å². The first-order valence-electron chi connectivity index (χ1n) is 10.9. The summed E-state index contributed by atoms with van der Waals surface area (Å²) in [6.07, 6.45) is 3.35. The molecular weight excluding hydrogens is 394 g/mol. The highest BCUT2D eigenvalue weighted by Crippen LogP contribution is 2.22. The number of oxime groups is 1. The minimum absolute atomic E-state index is 0.0190. The second-order valence-corrected chi connectivity index (χ2v) is 8.16. The Bertz CT molecular complexity index is 929. The summed E-state index contributed by atoms with van der Waals surface area (Å²) in [4.78, 5) is 19.8. The van der Waals surface area contributed by atoms with E-state index in [1.807, 2.05) is 40.9 Å². The number of benzene rings is 1. The molecule has 1 saturated heterocycles. The maximum atomic E-state index is 13.0. The van der Waals surface area contributed by atoms with Gasteiger partial charge in [-0.2, -0.15) is 0 Å². The largest absolute Gasteiger partial charge is 0.497 e. The van der Waals surface area contributed by atoms with E-state index in [0.29, 0.717) is 30.9 Å². The second-order valence-electron chi connectivity index (χ2n) is 8.16. The number of hydrogen-bond donors (Lipinski definition) is 1. The maximum Gasteiger partial charge on any atom is 0.271 e. The van der Waals surface area contributed by atoms with Crippen molar-refractivity contribution in [3.05, 3.63) is 47.8 Å². The zero-order valence-electron chi connectivity index (χ0n) is 18.3. The molecule has 1 amide bonds. The van der Waals surface area contributed by atoms with E-state index in [1.165, 1.54) is 5.69 Å². The van der Waals surface area contributed by atoms with Crippen molar-refractivity contribution in [3.8, 4) is 5.75 Å². The van der Waals surface area contributed by atoms with Crippen molar-refractivity contribution < 1.29 is 14.7 Å². The number of amides is 1. The SMILES string of the molecule is COc1ccc(N2CCN(CCCN3CCC(=NO)c4ccn(C)c4C3=O)CC2)cc1. The molecule has 0 radical (unpaired) electrons. The van der Waals surface area contributed by atoms with Crippen LogP contribution in [0.5, 0.6) is 5.75 Å². The van der Waals surface area contributed by atoms with Crippen molar-refractivity contribution in [1.29, 1.82) is 0 Å². The van der Waals surface area contributed by atoms with Crippen molar-refractivity contribution in [2.45, 2.75) is 12.8 Å². The molecular formula is C23H31N5O3. The summed E-state index contributed by atoms with van der Waals surface area (Å²) < 4.78 is 7.06. The van der Waals surface area contributed by atoms with Gasteiger partial charge in [0, 0.05) is 70.2 Å². The number of nitrogens with zero attached hydrogens (tertiary/aromatic N) is 5. The molecule has 8 nitrogen and oxygen atoms in total. The van der Waals surface area contributed by atoms with Crippen molar-refractivity contribution >= 4 is 17.3 Å². The summed E-state index contributed by atoms with van der Waals surface area (Å²) >= 11 is 0. The number of fused-ring (bicyclic) bond motifs is 1. The Morgan fingerprint density at radius 2 is 1.77 bits per heavy atom. The number of carbonyl (C=O) groups excluding carboxylic acids is 1. The Hall–Kier alpha value is -3.00. The van der Waals surface area contributed by atoms with Crippen LogP contribution in [0, 0.1) is 0 Å². The number of ether oxygens (including phenoxy) is 1. The summed E-state index contributed by atoms with van der Waals surface area (Å²) in [7, 11) is 3.54. The zero-order chi connectivity index (χ0) is 21.8. The van der Waals surface area contributed by atoms with Crippen LogP contribution < -0.4 is 9.64 Å². The number of aromatic nitrogens is 1. The third-order valence-electron chi connectivity index (χ3n) is 6.32. The molecule has 2 aliphatic heterocycles. The van der Waals surface area contributed by atoms with Gasteiger partial charge in [-0.05, 0) is 43.3 Å². The molecule has 0 atom stereocenters. The van der Waals surface area contributed by atoms with Crippen LogP contribution >= 0.6 is 0 Å². The minimum Gasteiger partial charge on any atom is -0.497 e. The molecule has 0 spiro atoms. The van der Waals surface area contributed by atoms with Gasteiger partial charge >= 0.3 is 0 Å². The van der Waals surface area contributed by atoms with Crippen LogP contribution in [0.4, 0.5) is 5.69 Å². The van der Waals surface area contributed by atoms with Crippen LogP contribution in [-0.2, 0) is 7.05 Å². The maximum absolute atomic E-state index is 13.0. The molecule has 0 unspecified atom stereocenters. The molecule has 0 saturated carbocycles. The molecule has 2 aliphatic rings. The first kappa shape index (κ1) is 21.2. The Morgan fingerprint density at radius 3 is 2.45 bits per heavy atom. The molecule has 3 heterocycles. The Labute approximate surface area is 183 Å². The molecule has 1 aromatic heterocycles. The number of anilines is 1. The summed E-state index contributed by atoms with van der Waals surface area (Å²) in [5.74, 6) is 0.899. The van der Waals surface area contributed by atoms with Gasteiger partial charge in [-0.25, -0.2) is 0 Å². The van der Waals surface area contributed by atoms with Gasteiger partial charge in [0.2, 0.25) is 0 Å². The van der Waals surface area contributed by atoms with Gasteiger partial charge in [-0.1, -0.05) is 5.16 Å². The van der Waals surface area contributed by atoms with Crippen LogP contribution in [0.15, 0.2) is 41.7 Å². The minimum atomic E-state index is 0.0190. The van der Waals surface area contributed by atoms with Crippen LogP contribution in [0.3, 0.4) is 0 Å². The fourth-order valence-electron chi connectivity index (χ4n) is 4.48. The summed E-state index contributed by atoms with van der Waals surface area (Å²) in [5, 5.41) is 12.8. The lowest BCUT2D eigenvalue weighted by molar-refractivity contribution is 0.0745. The number of methoxy groups -OCH3 is 1. The molecule has 1 aromatic carbocycles. The monoisotopic (exact) mass is 425 g/mol. The van der Waals surface area contributed by atoms with Crippen molar-refractivity contribution in [2.75, 3.05) is 57.8 Å². The Morgan fingerprint density at radius 1 is 1.03 bits per heavy atom. The number of carbonyl (C=O) groups is 1. The molecule has 0 bridgehead atoms. The van der Waals surface area contributed by atoms with Crippen LogP contribution in [-0.4, -0.2) is 84.1 Å². The van der Waals surface area contributed by atoms with E-state index >= 15 is 0 Å². The highest BCUT2D eigenvalue weighted by molar-refractivity contribution is 6.11.